The Morgan fingerprint density at radius 2 is 2.40 bits per heavy atom. The summed E-state index contributed by atoms with van der Waals surface area (Å²) in [5.74, 6) is 0.894. The van der Waals surface area contributed by atoms with Gasteiger partial charge in [0, 0.05) is 37.7 Å². The van der Waals surface area contributed by atoms with Crippen molar-refractivity contribution in [1.82, 2.24) is 20.1 Å². The van der Waals surface area contributed by atoms with Gasteiger partial charge in [-0.2, -0.15) is 5.10 Å². The van der Waals surface area contributed by atoms with Crippen LogP contribution in [0.4, 0.5) is 0 Å². The Bertz CT molecular complexity index is 666. The van der Waals surface area contributed by atoms with Gasteiger partial charge < -0.3 is 5.32 Å². The van der Waals surface area contributed by atoms with E-state index in [4.69, 9.17) is 11.6 Å². The van der Waals surface area contributed by atoms with E-state index in [-0.39, 0.29) is 5.91 Å². The summed E-state index contributed by atoms with van der Waals surface area (Å²) >= 11 is 6.07. The number of nitrogens with zero attached hydrogens (tertiary/aromatic N) is 3. The molecule has 3 heterocycles. The maximum Gasteiger partial charge on any atom is 0.220 e. The number of fused-ring (bicyclic) bond motifs is 1. The maximum absolute atomic E-state index is 11.3. The first-order valence-corrected chi connectivity index (χ1v) is 7.16. The Balaban J connectivity index is 1.88. The second-order valence-electron chi connectivity index (χ2n) is 5.58. The molecule has 1 unspecified atom stereocenters. The Hall–Kier alpha value is -1.62. The lowest BCUT2D eigenvalue weighted by atomic mass is 9.88. The predicted molar refractivity (Wildman–Crippen MR) is 77.5 cm³/mol. The quantitative estimate of drug-likeness (QED) is 0.880. The third-order valence-electron chi connectivity index (χ3n) is 3.99. The van der Waals surface area contributed by atoms with Gasteiger partial charge in [0.2, 0.25) is 5.91 Å². The monoisotopic (exact) mass is 292 g/mol. The zero-order valence-corrected chi connectivity index (χ0v) is 12.3. The van der Waals surface area contributed by atoms with Crippen LogP contribution in [0.15, 0.2) is 12.3 Å². The number of pyridine rings is 1. The molecular formula is C14H17ClN4O. The van der Waals surface area contributed by atoms with Crippen molar-refractivity contribution in [2.24, 2.45) is 18.9 Å². The molecule has 5 nitrogen and oxygen atoms in total. The van der Waals surface area contributed by atoms with Gasteiger partial charge >= 0.3 is 0 Å². The highest BCUT2D eigenvalue weighted by molar-refractivity contribution is 6.30. The molecule has 1 N–H and O–H groups in total. The van der Waals surface area contributed by atoms with Crippen molar-refractivity contribution < 1.29 is 4.79 Å². The lowest BCUT2D eigenvalue weighted by Gasteiger charge is -2.17. The molecular weight excluding hydrogens is 276 g/mol. The number of rotatable bonds is 3. The Morgan fingerprint density at radius 3 is 3.10 bits per heavy atom. The molecule has 20 heavy (non-hydrogen) atoms. The molecule has 1 aliphatic heterocycles. The predicted octanol–water partition coefficient (Wildman–Crippen LogP) is 1.94. The van der Waals surface area contributed by atoms with E-state index in [1.54, 1.807) is 10.7 Å². The van der Waals surface area contributed by atoms with E-state index in [0.717, 1.165) is 29.6 Å². The normalized spacial score (nSPS) is 20.4. The summed E-state index contributed by atoms with van der Waals surface area (Å²) in [6, 6.07) is 1.78. The highest BCUT2D eigenvalue weighted by Crippen LogP contribution is 2.27. The van der Waals surface area contributed by atoms with Gasteiger partial charge in [0.1, 0.15) is 5.15 Å². The first kappa shape index (κ1) is 13.4. The van der Waals surface area contributed by atoms with E-state index in [1.165, 1.54) is 0 Å². The van der Waals surface area contributed by atoms with Crippen LogP contribution >= 0.6 is 11.6 Å². The number of nitrogens with one attached hydrogen (secondary N) is 1. The second kappa shape index (κ2) is 5.05. The van der Waals surface area contributed by atoms with Crippen LogP contribution in [0.2, 0.25) is 5.15 Å². The summed E-state index contributed by atoms with van der Waals surface area (Å²) in [5.41, 5.74) is 1.84. The van der Waals surface area contributed by atoms with E-state index < -0.39 is 0 Å². The first-order valence-electron chi connectivity index (χ1n) is 6.78. The molecule has 1 amide bonds. The first-order chi connectivity index (χ1) is 9.52. The van der Waals surface area contributed by atoms with Crippen LogP contribution in [0.25, 0.3) is 10.9 Å². The number of hydrogen-bond donors (Lipinski definition) is 1. The summed E-state index contributed by atoms with van der Waals surface area (Å²) in [6.45, 7) is 2.92. The molecule has 2 atom stereocenters. The van der Waals surface area contributed by atoms with Crippen molar-refractivity contribution in [2.75, 3.05) is 6.54 Å². The average molecular weight is 293 g/mol. The molecule has 0 radical (unpaired) electrons. The summed E-state index contributed by atoms with van der Waals surface area (Å²) in [7, 11) is 1.89. The van der Waals surface area contributed by atoms with Gasteiger partial charge in [0.25, 0.3) is 0 Å². The van der Waals surface area contributed by atoms with Gasteiger partial charge in [-0.3, -0.25) is 9.48 Å². The van der Waals surface area contributed by atoms with Crippen molar-refractivity contribution in [3.63, 3.8) is 0 Å². The second-order valence-corrected chi connectivity index (χ2v) is 5.96. The van der Waals surface area contributed by atoms with Gasteiger partial charge in [-0.05, 0) is 18.3 Å². The molecule has 6 heteroatoms. The molecule has 0 aromatic carbocycles. The van der Waals surface area contributed by atoms with Crippen LogP contribution in [0, 0.1) is 11.8 Å². The number of aryl methyl sites for hydroxylation is 1. The Labute approximate surface area is 122 Å². The van der Waals surface area contributed by atoms with Crippen LogP contribution in [0.1, 0.15) is 19.0 Å². The van der Waals surface area contributed by atoms with Crippen LogP contribution in [-0.4, -0.2) is 27.2 Å². The number of halogens is 1. The number of hydrogen-bond acceptors (Lipinski definition) is 3. The minimum absolute atomic E-state index is 0.146. The molecule has 2 aromatic rings. The van der Waals surface area contributed by atoms with Gasteiger partial charge in [0.05, 0.1) is 11.2 Å². The zero-order valence-electron chi connectivity index (χ0n) is 11.6. The van der Waals surface area contributed by atoms with Crippen molar-refractivity contribution in [1.29, 1.82) is 0 Å². The van der Waals surface area contributed by atoms with Crippen LogP contribution in [0.3, 0.4) is 0 Å². The third kappa shape index (κ3) is 2.50. The van der Waals surface area contributed by atoms with Crippen molar-refractivity contribution >= 4 is 28.4 Å². The van der Waals surface area contributed by atoms with Crippen molar-refractivity contribution in [2.45, 2.75) is 19.8 Å². The lowest BCUT2D eigenvalue weighted by Crippen LogP contribution is -2.18. The summed E-state index contributed by atoms with van der Waals surface area (Å²) in [4.78, 5) is 15.8. The highest BCUT2D eigenvalue weighted by atomic mass is 35.5. The minimum atomic E-state index is 0.146. The van der Waals surface area contributed by atoms with Crippen LogP contribution in [-0.2, 0) is 18.3 Å². The van der Waals surface area contributed by atoms with Gasteiger partial charge in [-0.1, -0.05) is 18.5 Å². The van der Waals surface area contributed by atoms with Crippen LogP contribution in [0.5, 0.6) is 0 Å². The van der Waals surface area contributed by atoms with Gasteiger partial charge in [-0.25, -0.2) is 4.98 Å². The zero-order chi connectivity index (χ0) is 14.3. The van der Waals surface area contributed by atoms with E-state index >= 15 is 0 Å². The number of carbonyl (C=O) groups excluding carboxylic acids is 1. The topological polar surface area (TPSA) is 59.8 Å². The molecule has 0 spiro atoms. The Morgan fingerprint density at radius 1 is 1.60 bits per heavy atom. The van der Waals surface area contributed by atoms with E-state index in [2.05, 4.69) is 22.3 Å². The summed E-state index contributed by atoms with van der Waals surface area (Å²) in [6.07, 6.45) is 3.39. The molecule has 0 bridgehead atoms. The molecule has 3 rings (SSSR count). The van der Waals surface area contributed by atoms with E-state index in [0.29, 0.717) is 23.4 Å². The van der Waals surface area contributed by atoms with Crippen LogP contribution < -0.4 is 5.32 Å². The van der Waals surface area contributed by atoms with E-state index in [9.17, 15) is 4.79 Å². The molecule has 2 aromatic heterocycles. The molecule has 1 fully saturated rings. The van der Waals surface area contributed by atoms with Gasteiger partial charge in [-0.15, -0.1) is 0 Å². The Kier molecular flexibility index (Phi) is 3.38. The summed E-state index contributed by atoms with van der Waals surface area (Å²) in [5, 5.41) is 8.78. The van der Waals surface area contributed by atoms with Gasteiger partial charge in [0.15, 0.2) is 0 Å². The fraction of sp³-hybridized carbons (Fsp3) is 0.500. The number of carbonyl (C=O) groups is 1. The van der Waals surface area contributed by atoms with E-state index in [1.807, 2.05) is 13.2 Å². The van der Waals surface area contributed by atoms with Crippen molar-refractivity contribution in [3.05, 3.63) is 23.1 Å². The molecule has 0 aliphatic carbocycles. The molecule has 1 saturated heterocycles. The fourth-order valence-corrected chi connectivity index (χ4v) is 3.03. The smallest absolute Gasteiger partial charge is 0.220 e. The lowest BCUT2D eigenvalue weighted by molar-refractivity contribution is -0.119. The van der Waals surface area contributed by atoms with Crippen molar-refractivity contribution in [3.8, 4) is 0 Å². The molecule has 106 valence electrons. The SMILES string of the molecule is C[C@@H](Cc1nc(Cl)cc2nn(C)cc12)C1CNC(=O)C1. The molecule has 1 aliphatic rings. The largest absolute Gasteiger partial charge is 0.356 e. The maximum atomic E-state index is 11.3. The fourth-order valence-electron chi connectivity index (χ4n) is 2.83. The number of aromatic nitrogens is 3. The summed E-state index contributed by atoms with van der Waals surface area (Å²) < 4.78 is 1.78. The highest BCUT2D eigenvalue weighted by Gasteiger charge is 2.27. The minimum Gasteiger partial charge on any atom is -0.356 e. The average Bonchev–Trinajstić information content (AvgIpc) is 2.94. The standard InChI is InChI=1S/C14H17ClN4O/c1-8(9-4-14(20)16-6-9)3-11-10-7-19(2)18-12(10)5-13(15)17-11/h5,7-9H,3-4,6H2,1-2H3,(H,16,20)/t8-,9?/m0/s1. The molecule has 0 saturated carbocycles. The number of amides is 1. The third-order valence-corrected chi connectivity index (χ3v) is 4.19.